The molecule has 0 unspecified atom stereocenters. The minimum Gasteiger partial charge on any atom is -0.494 e. The zero-order valence-electron chi connectivity index (χ0n) is 18.1. The van der Waals surface area contributed by atoms with Gasteiger partial charge in [-0.3, -0.25) is 9.59 Å². The van der Waals surface area contributed by atoms with Crippen molar-refractivity contribution in [1.29, 1.82) is 0 Å². The molecule has 1 amide bonds. The van der Waals surface area contributed by atoms with Crippen molar-refractivity contribution in [2.45, 2.75) is 11.8 Å². The van der Waals surface area contributed by atoms with E-state index in [0.29, 0.717) is 23.6 Å². The van der Waals surface area contributed by atoms with Gasteiger partial charge in [-0.2, -0.15) is 0 Å². The lowest BCUT2D eigenvalue weighted by molar-refractivity contribution is 0.0692. The first-order valence-corrected chi connectivity index (χ1v) is 11.2. The summed E-state index contributed by atoms with van der Waals surface area (Å²) in [5.41, 5.74) is 0.221. The predicted octanol–water partition coefficient (Wildman–Crippen LogP) is 4.71. The maximum absolute atomic E-state index is 12.6. The van der Waals surface area contributed by atoms with Crippen LogP contribution >= 0.6 is 11.8 Å². The molecule has 0 bridgehead atoms. The van der Waals surface area contributed by atoms with Gasteiger partial charge in [0.1, 0.15) is 5.75 Å². The molecule has 0 saturated heterocycles. The zero-order chi connectivity index (χ0) is 24.7. The second-order valence-electron chi connectivity index (χ2n) is 7.02. The minimum absolute atomic E-state index is 0.0311. The van der Waals surface area contributed by atoms with E-state index in [4.69, 9.17) is 9.84 Å². The van der Waals surface area contributed by atoms with Gasteiger partial charge in [0.05, 0.1) is 29.1 Å². The number of amides is 1. The van der Waals surface area contributed by atoms with Crippen LogP contribution in [0.1, 0.15) is 48.4 Å². The number of aromatic carboxylic acids is 2. The number of Topliss-reactive ketones (excluding diaryl/α,β-unsaturated/α-hetero) is 1. The number of nitrogens with one attached hydrogen (secondary N) is 1. The quantitative estimate of drug-likeness (QED) is 0.282. The predicted molar refractivity (Wildman–Crippen MR) is 127 cm³/mol. The summed E-state index contributed by atoms with van der Waals surface area (Å²) < 4.78 is 5.37. The smallest absolute Gasteiger partial charge is 0.336 e. The lowest BCUT2D eigenvalue weighted by Gasteiger charge is -2.09. The minimum atomic E-state index is -1.41. The Hall–Kier alpha value is -4.11. The molecule has 0 saturated carbocycles. The van der Waals surface area contributed by atoms with Gasteiger partial charge in [-0.25, -0.2) is 9.59 Å². The molecule has 0 aliphatic carbocycles. The van der Waals surface area contributed by atoms with Crippen molar-refractivity contribution in [3.63, 3.8) is 0 Å². The molecule has 3 rings (SSSR count). The number of ether oxygens (including phenoxy) is 1. The third-order valence-corrected chi connectivity index (χ3v) is 5.72. The van der Waals surface area contributed by atoms with Crippen LogP contribution in [0.15, 0.2) is 71.6 Å². The van der Waals surface area contributed by atoms with Crippen molar-refractivity contribution < 1.29 is 34.1 Å². The van der Waals surface area contributed by atoms with Crippen LogP contribution in [-0.2, 0) is 0 Å². The molecule has 34 heavy (non-hydrogen) atoms. The molecule has 0 spiro atoms. The molecule has 0 atom stereocenters. The third kappa shape index (κ3) is 6.23. The number of hydrogen-bond acceptors (Lipinski definition) is 6. The van der Waals surface area contributed by atoms with Crippen LogP contribution in [0.4, 0.5) is 5.69 Å². The Morgan fingerprint density at radius 3 is 2.06 bits per heavy atom. The Bertz CT molecular complexity index is 1220. The van der Waals surface area contributed by atoms with E-state index < -0.39 is 23.4 Å². The molecule has 3 N–H and O–H groups in total. The number of benzene rings is 3. The Balaban J connectivity index is 1.61. The van der Waals surface area contributed by atoms with Crippen molar-refractivity contribution >= 4 is 41.1 Å². The first-order valence-electron chi connectivity index (χ1n) is 10.2. The SMILES string of the molecule is CCOc1ccc(C(=O)CSc2ccc(NC(=O)c3ccc(C(=O)O)cc3C(=O)O)cc2)cc1. The molecule has 0 aromatic heterocycles. The largest absolute Gasteiger partial charge is 0.494 e. The van der Waals surface area contributed by atoms with Gasteiger partial charge in [0.25, 0.3) is 5.91 Å². The molecule has 0 fully saturated rings. The van der Waals surface area contributed by atoms with Crippen LogP contribution in [0.5, 0.6) is 5.75 Å². The topological polar surface area (TPSA) is 130 Å². The normalized spacial score (nSPS) is 10.4. The van der Waals surface area contributed by atoms with Gasteiger partial charge in [-0.05, 0) is 73.7 Å². The van der Waals surface area contributed by atoms with Crippen molar-refractivity contribution in [3.05, 3.63) is 89.0 Å². The second kappa shape index (κ2) is 11.2. The van der Waals surface area contributed by atoms with Gasteiger partial charge in [-0.15, -0.1) is 11.8 Å². The fourth-order valence-corrected chi connectivity index (χ4v) is 3.81. The van der Waals surface area contributed by atoms with E-state index in [-0.39, 0.29) is 22.7 Å². The maximum Gasteiger partial charge on any atom is 0.336 e. The summed E-state index contributed by atoms with van der Waals surface area (Å²) in [5, 5.41) is 21.0. The molecule has 0 heterocycles. The van der Waals surface area contributed by atoms with Gasteiger partial charge in [-0.1, -0.05) is 0 Å². The highest BCUT2D eigenvalue weighted by Gasteiger charge is 2.19. The summed E-state index contributed by atoms with van der Waals surface area (Å²) in [7, 11) is 0. The van der Waals surface area contributed by atoms with Gasteiger partial charge >= 0.3 is 11.9 Å². The lowest BCUT2D eigenvalue weighted by atomic mass is 10.0. The van der Waals surface area contributed by atoms with Crippen LogP contribution < -0.4 is 10.1 Å². The number of thioether (sulfide) groups is 1. The molecular weight excluding hydrogens is 458 g/mol. The number of hydrogen-bond donors (Lipinski definition) is 3. The van der Waals surface area contributed by atoms with Crippen molar-refractivity contribution in [2.24, 2.45) is 0 Å². The summed E-state index contributed by atoms with van der Waals surface area (Å²) >= 11 is 1.35. The Labute approximate surface area is 199 Å². The van der Waals surface area contributed by atoms with Gasteiger partial charge < -0.3 is 20.3 Å². The van der Waals surface area contributed by atoms with Crippen molar-refractivity contribution in [2.75, 3.05) is 17.7 Å². The van der Waals surface area contributed by atoms with Crippen LogP contribution in [0.25, 0.3) is 0 Å². The maximum atomic E-state index is 12.6. The van der Waals surface area contributed by atoms with Crippen LogP contribution in [-0.4, -0.2) is 46.2 Å². The van der Waals surface area contributed by atoms with Crippen molar-refractivity contribution in [1.82, 2.24) is 0 Å². The summed E-state index contributed by atoms with van der Waals surface area (Å²) in [6, 6.07) is 17.0. The van der Waals surface area contributed by atoms with Gasteiger partial charge in [0, 0.05) is 16.1 Å². The lowest BCUT2D eigenvalue weighted by Crippen LogP contribution is -2.17. The fourth-order valence-electron chi connectivity index (χ4n) is 3.02. The summed E-state index contributed by atoms with van der Waals surface area (Å²) in [5.74, 6) is -2.47. The average molecular weight is 480 g/mol. The van der Waals surface area contributed by atoms with Gasteiger partial charge in [0.2, 0.25) is 0 Å². The van der Waals surface area contributed by atoms with E-state index in [0.717, 1.165) is 11.0 Å². The Kier molecular flexibility index (Phi) is 8.05. The monoisotopic (exact) mass is 479 g/mol. The molecule has 3 aromatic carbocycles. The number of rotatable bonds is 10. The van der Waals surface area contributed by atoms with E-state index in [1.54, 1.807) is 48.5 Å². The van der Waals surface area contributed by atoms with E-state index in [9.17, 15) is 24.3 Å². The summed E-state index contributed by atoms with van der Waals surface area (Å²) in [6.07, 6.45) is 0. The van der Waals surface area contributed by atoms with Crippen LogP contribution in [0, 0.1) is 0 Å². The first kappa shape index (κ1) is 24.5. The molecule has 174 valence electrons. The van der Waals surface area contributed by atoms with Crippen molar-refractivity contribution in [3.8, 4) is 5.75 Å². The molecule has 0 radical (unpaired) electrons. The standard InChI is InChI=1S/C25H21NO7S/c1-2-33-18-8-3-15(4-9-18)22(27)14-34-19-10-6-17(7-11-19)26-23(28)20-12-5-16(24(29)30)13-21(20)25(31)32/h3-13H,2,14H2,1H3,(H,26,28)(H,29,30)(H,31,32). The zero-order valence-corrected chi connectivity index (χ0v) is 18.9. The molecule has 8 nitrogen and oxygen atoms in total. The van der Waals surface area contributed by atoms with Gasteiger partial charge in [0.15, 0.2) is 5.78 Å². The second-order valence-corrected chi connectivity index (χ2v) is 8.07. The number of carboxylic acids is 2. The number of anilines is 1. The molecule has 3 aromatic rings. The highest BCUT2D eigenvalue weighted by molar-refractivity contribution is 8.00. The van der Waals surface area contributed by atoms with E-state index in [1.165, 1.54) is 23.9 Å². The summed E-state index contributed by atoms with van der Waals surface area (Å²) in [6.45, 7) is 2.44. The van der Waals surface area contributed by atoms with Crippen LogP contribution in [0.3, 0.4) is 0 Å². The molecule has 0 aliphatic heterocycles. The molecular formula is C25H21NO7S. The highest BCUT2D eigenvalue weighted by atomic mass is 32.2. The Morgan fingerprint density at radius 2 is 1.47 bits per heavy atom. The van der Waals surface area contributed by atoms with Crippen LogP contribution in [0.2, 0.25) is 0 Å². The number of carbonyl (C=O) groups is 4. The molecule has 9 heteroatoms. The third-order valence-electron chi connectivity index (χ3n) is 4.71. The molecule has 0 aliphatic rings. The summed E-state index contributed by atoms with van der Waals surface area (Å²) in [4.78, 5) is 48.3. The number of carbonyl (C=O) groups excluding carboxylic acids is 2. The fraction of sp³-hybridized carbons (Fsp3) is 0.120. The Morgan fingerprint density at radius 1 is 0.824 bits per heavy atom. The van der Waals surface area contributed by atoms with E-state index >= 15 is 0 Å². The van der Waals surface area contributed by atoms with E-state index in [1.807, 2.05) is 6.92 Å². The highest BCUT2D eigenvalue weighted by Crippen LogP contribution is 2.23. The van der Waals surface area contributed by atoms with E-state index in [2.05, 4.69) is 5.32 Å². The average Bonchev–Trinajstić information content (AvgIpc) is 2.83. The number of carboxylic acid groups (broad SMARTS) is 2. The number of ketones is 1. The first-order chi connectivity index (χ1) is 16.3.